The van der Waals surface area contributed by atoms with Gasteiger partial charge in [0.15, 0.2) is 11.6 Å². The summed E-state index contributed by atoms with van der Waals surface area (Å²) in [6.45, 7) is 0.567. The van der Waals surface area contributed by atoms with Gasteiger partial charge in [-0.3, -0.25) is 0 Å². The normalized spacial score (nSPS) is 19.4. The monoisotopic (exact) mass is 306 g/mol. The first-order chi connectivity index (χ1) is 9.51. The van der Waals surface area contributed by atoms with Gasteiger partial charge in [0, 0.05) is 36.2 Å². The van der Waals surface area contributed by atoms with Crippen molar-refractivity contribution in [2.75, 3.05) is 29.5 Å². The van der Waals surface area contributed by atoms with Crippen LogP contribution in [-0.4, -0.2) is 30.7 Å². The molecule has 0 aromatic heterocycles. The minimum Gasteiger partial charge on any atom is -0.432 e. The summed E-state index contributed by atoms with van der Waals surface area (Å²) in [7, 11) is 0. The van der Waals surface area contributed by atoms with Crippen molar-refractivity contribution >= 4 is 23.1 Å². The molecule has 1 heterocycles. The molecular weight excluding hydrogens is 289 g/mol. The summed E-state index contributed by atoms with van der Waals surface area (Å²) in [4.78, 5) is 2.00. The fourth-order valence-electron chi connectivity index (χ4n) is 2.20. The Morgan fingerprint density at radius 1 is 1.50 bits per heavy atom. The summed E-state index contributed by atoms with van der Waals surface area (Å²) in [5, 5.41) is 0.465. The Morgan fingerprint density at radius 2 is 2.25 bits per heavy atom. The van der Waals surface area contributed by atoms with Crippen LogP contribution in [0.5, 0.6) is 5.75 Å². The van der Waals surface area contributed by atoms with Gasteiger partial charge in [0.05, 0.1) is 11.4 Å². The van der Waals surface area contributed by atoms with Crippen molar-refractivity contribution in [3.63, 3.8) is 0 Å². The summed E-state index contributed by atoms with van der Waals surface area (Å²) >= 11 is 1.88. The Bertz CT molecular complexity index is 473. The number of nitrogens with two attached hydrogens (primary N) is 1. The molecular formula is C13H17F3N2OS. The molecule has 112 valence electrons. The highest BCUT2D eigenvalue weighted by Crippen LogP contribution is 2.34. The average Bonchev–Trinajstić information content (AvgIpc) is 2.41. The van der Waals surface area contributed by atoms with E-state index in [2.05, 4.69) is 11.7 Å². The van der Waals surface area contributed by atoms with Crippen molar-refractivity contribution in [1.29, 1.82) is 0 Å². The van der Waals surface area contributed by atoms with E-state index in [0.29, 0.717) is 10.9 Å². The number of halogens is 3. The first-order valence-electron chi connectivity index (χ1n) is 6.41. The number of hydrogen-bond acceptors (Lipinski definition) is 4. The Balaban J connectivity index is 2.26. The molecule has 1 saturated heterocycles. The smallest absolute Gasteiger partial charge is 0.387 e. The molecule has 1 aromatic rings. The van der Waals surface area contributed by atoms with E-state index in [1.807, 2.05) is 16.7 Å². The molecule has 20 heavy (non-hydrogen) atoms. The lowest BCUT2D eigenvalue weighted by atomic mass is 10.2. The number of ether oxygens (including phenoxy) is 1. The molecule has 0 bridgehead atoms. The second-order valence-electron chi connectivity index (χ2n) is 4.57. The van der Waals surface area contributed by atoms with Gasteiger partial charge in [-0.15, -0.1) is 0 Å². The van der Waals surface area contributed by atoms with Gasteiger partial charge in [-0.2, -0.15) is 20.5 Å². The lowest BCUT2D eigenvalue weighted by Crippen LogP contribution is -2.38. The van der Waals surface area contributed by atoms with Crippen LogP contribution in [0.2, 0.25) is 0 Å². The fourth-order valence-corrected chi connectivity index (χ4v) is 3.38. The van der Waals surface area contributed by atoms with Crippen LogP contribution in [0.3, 0.4) is 0 Å². The number of thioether (sulfide) groups is 1. The van der Waals surface area contributed by atoms with Crippen LogP contribution in [0, 0.1) is 5.82 Å². The number of hydrogen-bond donors (Lipinski definition) is 1. The van der Waals surface area contributed by atoms with E-state index in [9.17, 15) is 13.2 Å². The van der Waals surface area contributed by atoms with E-state index in [0.717, 1.165) is 31.3 Å². The minimum atomic E-state index is -3.05. The molecule has 0 saturated carbocycles. The number of rotatable bonds is 4. The van der Waals surface area contributed by atoms with Crippen LogP contribution in [0.4, 0.5) is 24.5 Å². The molecule has 3 nitrogen and oxygen atoms in total. The largest absolute Gasteiger partial charge is 0.432 e. The molecule has 0 radical (unpaired) electrons. The van der Waals surface area contributed by atoms with E-state index in [1.54, 1.807) is 0 Å². The second-order valence-corrected chi connectivity index (χ2v) is 5.98. The second kappa shape index (κ2) is 6.47. The molecule has 1 fully saturated rings. The van der Waals surface area contributed by atoms with Crippen LogP contribution in [0.1, 0.15) is 13.3 Å². The predicted octanol–water partition coefficient (Wildman–Crippen LogP) is 3.34. The predicted molar refractivity (Wildman–Crippen MR) is 76.2 cm³/mol. The highest BCUT2D eigenvalue weighted by Gasteiger charge is 2.22. The Hall–Kier alpha value is -1.24. The van der Waals surface area contributed by atoms with E-state index in [4.69, 9.17) is 5.73 Å². The lowest BCUT2D eigenvalue weighted by molar-refractivity contribution is -0.0521. The number of alkyl halides is 2. The average molecular weight is 306 g/mol. The van der Waals surface area contributed by atoms with Gasteiger partial charge in [0.1, 0.15) is 0 Å². The van der Waals surface area contributed by atoms with Gasteiger partial charge in [-0.1, -0.05) is 6.92 Å². The van der Waals surface area contributed by atoms with Crippen LogP contribution < -0.4 is 15.4 Å². The summed E-state index contributed by atoms with van der Waals surface area (Å²) in [6.07, 6.45) is 1.02. The van der Waals surface area contributed by atoms with Crippen molar-refractivity contribution in [1.82, 2.24) is 0 Å². The highest BCUT2D eigenvalue weighted by atomic mass is 32.2. The van der Waals surface area contributed by atoms with Crippen molar-refractivity contribution in [3.8, 4) is 5.75 Å². The van der Waals surface area contributed by atoms with Gasteiger partial charge in [-0.05, 0) is 6.42 Å². The van der Waals surface area contributed by atoms with Gasteiger partial charge < -0.3 is 15.4 Å². The maximum atomic E-state index is 13.5. The summed E-state index contributed by atoms with van der Waals surface area (Å²) in [5.41, 5.74) is 6.61. The van der Waals surface area contributed by atoms with Gasteiger partial charge in [0.2, 0.25) is 0 Å². The molecule has 1 atom stereocenters. The molecule has 7 heteroatoms. The zero-order valence-electron chi connectivity index (χ0n) is 11.1. The molecule has 2 rings (SSSR count). The molecule has 1 unspecified atom stereocenters. The number of anilines is 2. The van der Waals surface area contributed by atoms with Crippen LogP contribution in [0.25, 0.3) is 0 Å². The van der Waals surface area contributed by atoms with Crippen LogP contribution in [0.15, 0.2) is 12.1 Å². The number of benzene rings is 1. The van der Waals surface area contributed by atoms with Gasteiger partial charge in [0.25, 0.3) is 0 Å². The highest BCUT2D eigenvalue weighted by molar-refractivity contribution is 8.00. The van der Waals surface area contributed by atoms with E-state index in [1.165, 1.54) is 6.07 Å². The zero-order chi connectivity index (χ0) is 14.7. The molecule has 0 aliphatic carbocycles. The van der Waals surface area contributed by atoms with Gasteiger partial charge >= 0.3 is 6.61 Å². The summed E-state index contributed by atoms with van der Waals surface area (Å²) in [5.74, 6) is -0.402. The molecule has 2 N–H and O–H groups in total. The zero-order valence-corrected chi connectivity index (χ0v) is 11.9. The Kier molecular flexibility index (Phi) is 4.91. The quantitative estimate of drug-likeness (QED) is 0.866. The van der Waals surface area contributed by atoms with Crippen molar-refractivity contribution < 1.29 is 17.9 Å². The standard InChI is InChI=1S/C13H17F3N2OS/c1-2-8-7-18(3-4-20-8)11-6-12(19-13(15)16)9(14)5-10(11)17/h5-6,8,13H,2-4,7,17H2,1H3. The van der Waals surface area contributed by atoms with Crippen molar-refractivity contribution in [3.05, 3.63) is 17.9 Å². The lowest BCUT2D eigenvalue weighted by Gasteiger charge is -2.34. The van der Waals surface area contributed by atoms with E-state index >= 15 is 0 Å². The van der Waals surface area contributed by atoms with Gasteiger partial charge in [-0.25, -0.2) is 4.39 Å². The third-order valence-electron chi connectivity index (χ3n) is 3.23. The topological polar surface area (TPSA) is 38.5 Å². The molecule has 1 aliphatic rings. The van der Waals surface area contributed by atoms with Crippen LogP contribution in [-0.2, 0) is 0 Å². The molecule has 0 spiro atoms. The number of nitrogen functional groups attached to an aromatic ring is 1. The van der Waals surface area contributed by atoms with E-state index < -0.39 is 18.2 Å². The van der Waals surface area contributed by atoms with E-state index in [-0.39, 0.29) is 5.69 Å². The summed E-state index contributed by atoms with van der Waals surface area (Å²) < 4.78 is 42.2. The maximum Gasteiger partial charge on any atom is 0.387 e. The maximum absolute atomic E-state index is 13.5. The van der Waals surface area contributed by atoms with Crippen molar-refractivity contribution in [2.45, 2.75) is 25.2 Å². The third kappa shape index (κ3) is 3.45. The first kappa shape index (κ1) is 15.2. The molecule has 1 aliphatic heterocycles. The van der Waals surface area contributed by atoms with Crippen molar-refractivity contribution in [2.24, 2.45) is 0 Å². The molecule has 0 amide bonds. The fraction of sp³-hybridized carbons (Fsp3) is 0.538. The number of nitrogens with zero attached hydrogens (tertiary/aromatic N) is 1. The molecule has 1 aromatic carbocycles. The van der Waals surface area contributed by atoms with Crippen LogP contribution >= 0.6 is 11.8 Å². The Morgan fingerprint density at radius 3 is 2.90 bits per heavy atom. The third-order valence-corrected chi connectivity index (χ3v) is 4.60. The first-order valence-corrected chi connectivity index (χ1v) is 7.46. The summed E-state index contributed by atoms with van der Waals surface area (Å²) in [6, 6.07) is 2.30. The minimum absolute atomic E-state index is 0.242. The Labute approximate surface area is 120 Å². The SMILES string of the molecule is CCC1CN(c2cc(OC(F)F)c(F)cc2N)CCS1.